The molecule has 5 nitrogen and oxygen atoms in total. The Balaban J connectivity index is 2.22. The number of carboxylic acids is 1. The Hall–Kier alpha value is -1.92. The first-order valence-electron chi connectivity index (χ1n) is 4.99. The van der Waals surface area contributed by atoms with Crippen LogP contribution in [-0.4, -0.2) is 25.8 Å². The molecule has 0 unspecified atom stereocenters. The summed E-state index contributed by atoms with van der Waals surface area (Å²) >= 11 is 7.23. The molecule has 18 heavy (non-hydrogen) atoms. The third kappa shape index (κ3) is 1.66. The van der Waals surface area contributed by atoms with Gasteiger partial charge in [0.2, 0.25) is 5.13 Å². The van der Waals surface area contributed by atoms with E-state index in [4.69, 9.17) is 16.7 Å². The monoisotopic (exact) mass is 279 g/mol. The molecule has 7 heteroatoms. The smallest absolute Gasteiger partial charge is 0.355 e. The van der Waals surface area contributed by atoms with E-state index in [1.807, 2.05) is 24.3 Å². The average molecular weight is 280 g/mol. The average Bonchev–Trinajstić information content (AvgIpc) is 2.95. The van der Waals surface area contributed by atoms with Gasteiger partial charge in [0.05, 0.1) is 5.52 Å². The van der Waals surface area contributed by atoms with Gasteiger partial charge in [-0.2, -0.15) is 5.10 Å². The molecule has 0 amide bonds. The number of hydrogen-bond acceptors (Lipinski definition) is 4. The molecule has 0 radical (unpaired) electrons. The summed E-state index contributed by atoms with van der Waals surface area (Å²) in [4.78, 5) is 14.8. The lowest BCUT2D eigenvalue weighted by Crippen LogP contribution is -1.99. The largest absolute Gasteiger partial charge is 0.476 e. The van der Waals surface area contributed by atoms with Gasteiger partial charge in [0, 0.05) is 10.8 Å². The van der Waals surface area contributed by atoms with Crippen molar-refractivity contribution in [2.24, 2.45) is 0 Å². The van der Waals surface area contributed by atoms with E-state index in [9.17, 15) is 4.79 Å². The number of halogens is 1. The fourth-order valence-electron chi connectivity index (χ4n) is 1.63. The van der Waals surface area contributed by atoms with Gasteiger partial charge in [-0.15, -0.1) is 11.3 Å². The maximum atomic E-state index is 10.8. The van der Waals surface area contributed by atoms with Crippen LogP contribution in [0, 0.1) is 0 Å². The number of aromatic nitrogens is 3. The Labute approximate surface area is 110 Å². The van der Waals surface area contributed by atoms with Gasteiger partial charge in [0.25, 0.3) is 0 Å². The van der Waals surface area contributed by atoms with Gasteiger partial charge in [0.15, 0.2) is 10.8 Å². The fraction of sp³-hybridized carbons (Fsp3) is 0. The molecule has 0 saturated carbocycles. The van der Waals surface area contributed by atoms with E-state index in [0.29, 0.717) is 10.3 Å². The van der Waals surface area contributed by atoms with Crippen LogP contribution in [0.1, 0.15) is 10.5 Å². The molecular weight excluding hydrogens is 274 g/mol. The van der Waals surface area contributed by atoms with E-state index in [0.717, 1.165) is 10.9 Å². The summed E-state index contributed by atoms with van der Waals surface area (Å²) in [6, 6.07) is 7.44. The number of nitrogens with zero attached hydrogens (tertiary/aromatic N) is 3. The minimum atomic E-state index is -1.06. The lowest BCUT2D eigenvalue weighted by atomic mass is 10.3. The number of rotatable bonds is 2. The zero-order valence-electron chi connectivity index (χ0n) is 8.87. The lowest BCUT2D eigenvalue weighted by molar-refractivity contribution is 0.0691. The summed E-state index contributed by atoms with van der Waals surface area (Å²) in [5, 5.41) is 16.2. The highest BCUT2D eigenvalue weighted by atomic mass is 35.5. The highest BCUT2D eigenvalue weighted by Crippen LogP contribution is 2.26. The molecule has 0 atom stereocenters. The highest BCUT2D eigenvalue weighted by molar-refractivity contribution is 7.12. The van der Waals surface area contributed by atoms with Crippen LogP contribution < -0.4 is 0 Å². The van der Waals surface area contributed by atoms with Crippen molar-refractivity contribution in [3.05, 3.63) is 40.5 Å². The molecule has 3 aromatic rings. The number of thiazole rings is 1. The number of hydrogen-bond donors (Lipinski definition) is 1. The summed E-state index contributed by atoms with van der Waals surface area (Å²) < 4.78 is 1.55. The van der Waals surface area contributed by atoms with E-state index in [1.165, 1.54) is 16.7 Å². The van der Waals surface area contributed by atoms with E-state index in [-0.39, 0.29) is 5.69 Å². The zero-order valence-corrected chi connectivity index (χ0v) is 10.4. The Morgan fingerprint density at radius 3 is 2.89 bits per heavy atom. The second-order valence-corrected chi connectivity index (χ2v) is 4.73. The predicted octanol–water partition coefficient (Wildman–Crippen LogP) is 2.83. The number of carbonyl (C=O) groups is 1. The Morgan fingerprint density at radius 2 is 2.17 bits per heavy atom. The predicted molar refractivity (Wildman–Crippen MR) is 68.7 cm³/mol. The third-order valence-corrected chi connectivity index (χ3v) is 3.53. The number of benzene rings is 1. The second-order valence-electron chi connectivity index (χ2n) is 3.54. The molecule has 0 aliphatic heterocycles. The van der Waals surface area contributed by atoms with Crippen LogP contribution >= 0.6 is 22.9 Å². The number of fused-ring (bicyclic) bond motifs is 1. The normalized spacial score (nSPS) is 10.9. The van der Waals surface area contributed by atoms with Gasteiger partial charge in [-0.25, -0.2) is 14.5 Å². The van der Waals surface area contributed by atoms with E-state index >= 15 is 0 Å². The van der Waals surface area contributed by atoms with Crippen molar-refractivity contribution >= 4 is 39.8 Å². The molecule has 0 bridgehead atoms. The van der Waals surface area contributed by atoms with Gasteiger partial charge >= 0.3 is 5.97 Å². The Morgan fingerprint density at radius 1 is 1.39 bits per heavy atom. The summed E-state index contributed by atoms with van der Waals surface area (Å²) in [6.07, 6.45) is 0. The van der Waals surface area contributed by atoms with E-state index in [1.54, 1.807) is 4.68 Å². The maximum Gasteiger partial charge on any atom is 0.355 e. The Kier molecular flexibility index (Phi) is 2.53. The van der Waals surface area contributed by atoms with Gasteiger partial charge in [-0.1, -0.05) is 23.7 Å². The maximum absolute atomic E-state index is 10.8. The first-order chi connectivity index (χ1) is 8.66. The van der Waals surface area contributed by atoms with Crippen molar-refractivity contribution in [2.45, 2.75) is 0 Å². The molecule has 0 aliphatic carbocycles. The Bertz CT molecular complexity index is 750. The molecule has 0 aliphatic rings. The van der Waals surface area contributed by atoms with Crippen LogP contribution in [0.25, 0.3) is 16.0 Å². The van der Waals surface area contributed by atoms with Crippen LogP contribution in [0.15, 0.2) is 29.6 Å². The van der Waals surface area contributed by atoms with Crippen molar-refractivity contribution in [1.82, 2.24) is 14.8 Å². The van der Waals surface area contributed by atoms with Gasteiger partial charge in [-0.05, 0) is 12.1 Å². The molecular formula is C11H6ClN3O2S. The molecule has 2 aromatic heterocycles. The quantitative estimate of drug-likeness (QED) is 0.783. The van der Waals surface area contributed by atoms with Gasteiger partial charge in [0.1, 0.15) is 0 Å². The van der Waals surface area contributed by atoms with Crippen molar-refractivity contribution in [2.75, 3.05) is 0 Å². The molecule has 2 heterocycles. The first-order valence-corrected chi connectivity index (χ1v) is 6.25. The van der Waals surface area contributed by atoms with Crippen LogP contribution in [0.5, 0.6) is 0 Å². The minimum Gasteiger partial charge on any atom is -0.476 e. The molecule has 0 saturated heterocycles. The van der Waals surface area contributed by atoms with E-state index in [2.05, 4.69) is 10.1 Å². The van der Waals surface area contributed by atoms with Crippen molar-refractivity contribution in [1.29, 1.82) is 0 Å². The van der Waals surface area contributed by atoms with Gasteiger partial charge in [-0.3, -0.25) is 0 Å². The van der Waals surface area contributed by atoms with Crippen LogP contribution in [0.3, 0.4) is 0 Å². The highest BCUT2D eigenvalue weighted by Gasteiger charge is 2.14. The minimum absolute atomic E-state index is 0.00528. The summed E-state index contributed by atoms with van der Waals surface area (Å²) in [6.45, 7) is 0. The lowest BCUT2D eigenvalue weighted by Gasteiger charge is -1.96. The van der Waals surface area contributed by atoms with Crippen molar-refractivity contribution in [3.8, 4) is 5.13 Å². The number of aromatic carboxylic acids is 1. The summed E-state index contributed by atoms with van der Waals surface area (Å²) in [5.41, 5.74) is 0.805. The van der Waals surface area contributed by atoms with Gasteiger partial charge < -0.3 is 5.11 Å². The molecule has 1 aromatic carbocycles. The second kappa shape index (κ2) is 4.08. The number of para-hydroxylation sites is 1. The van der Waals surface area contributed by atoms with Crippen LogP contribution in [0.2, 0.25) is 5.15 Å². The third-order valence-electron chi connectivity index (χ3n) is 2.43. The molecule has 1 N–H and O–H groups in total. The standard InChI is InChI=1S/C11H6ClN3O2S/c12-9-6-3-1-2-4-8(6)15(14-9)11-13-7(5-18-11)10(16)17/h1-5H,(H,16,17). The SMILES string of the molecule is O=C(O)c1csc(-n2nc(Cl)c3ccccc32)n1. The van der Waals surface area contributed by atoms with E-state index < -0.39 is 5.97 Å². The fourth-order valence-corrected chi connectivity index (χ4v) is 2.63. The molecule has 3 rings (SSSR count). The van der Waals surface area contributed by atoms with Crippen LogP contribution in [-0.2, 0) is 0 Å². The van der Waals surface area contributed by atoms with Crippen molar-refractivity contribution in [3.63, 3.8) is 0 Å². The number of carboxylic acid groups (broad SMARTS) is 1. The summed E-state index contributed by atoms with van der Waals surface area (Å²) in [7, 11) is 0. The first kappa shape index (κ1) is 11.2. The zero-order chi connectivity index (χ0) is 12.7. The summed E-state index contributed by atoms with van der Waals surface area (Å²) in [5.74, 6) is -1.06. The van der Waals surface area contributed by atoms with Crippen molar-refractivity contribution < 1.29 is 9.90 Å². The molecule has 0 fully saturated rings. The molecule has 0 spiro atoms. The van der Waals surface area contributed by atoms with Crippen LogP contribution in [0.4, 0.5) is 0 Å². The molecule has 90 valence electrons. The topological polar surface area (TPSA) is 68.0 Å².